The van der Waals surface area contributed by atoms with Gasteiger partial charge in [-0.15, -0.1) is 11.3 Å². The first-order valence-electron chi connectivity index (χ1n) is 8.52. The highest BCUT2D eigenvalue weighted by Gasteiger charge is 2.32. The molecule has 5 heteroatoms. The molecule has 1 aliphatic heterocycles. The van der Waals surface area contributed by atoms with Gasteiger partial charge in [0, 0.05) is 6.54 Å². The number of likely N-dealkylation sites (tertiary alicyclic amines) is 1. The lowest BCUT2D eigenvalue weighted by atomic mass is 10.1. The molecule has 2 aromatic carbocycles. The van der Waals surface area contributed by atoms with Gasteiger partial charge >= 0.3 is 0 Å². The highest BCUT2D eigenvalue weighted by Crippen LogP contribution is 2.36. The monoisotopic (exact) mass is 352 g/mol. The summed E-state index contributed by atoms with van der Waals surface area (Å²) < 4.78 is 6.44. The van der Waals surface area contributed by atoms with Crippen LogP contribution in [0.25, 0.3) is 10.2 Å². The van der Waals surface area contributed by atoms with Crippen molar-refractivity contribution in [2.45, 2.75) is 25.3 Å². The average molecular weight is 352 g/mol. The van der Waals surface area contributed by atoms with Crippen LogP contribution < -0.4 is 4.74 Å². The van der Waals surface area contributed by atoms with Crippen molar-refractivity contribution >= 4 is 27.5 Å². The molecule has 25 heavy (non-hydrogen) atoms. The van der Waals surface area contributed by atoms with Crippen molar-refractivity contribution in [1.82, 2.24) is 9.88 Å². The standard InChI is InChI=1S/C20H20N2O2S/c1-24-15-7-4-6-14(12-15)13-19(23)22-11-5-9-17(22)20-21-16-8-2-3-10-18(16)25-20/h2-4,6-8,10,12,17H,5,9,11,13H2,1H3. The number of fused-ring (bicyclic) bond motifs is 1. The molecule has 128 valence electrons. The lowest BCUT2D eigenvalue weighted by molar-refractivity contribution is -0.131. The number of rotatable bonds is 4. The lowest BCUT2D eigenvalue weighted by Gasteiger charge is -2.23. The van der Waals surface area contributed by atoms with Gasteiger partial charge in [-0.2, -0.15) is 0 Å². The fourth-order valence-electron chi connectivity index (χ4n) is 3.41. The van der Waals surface area contributed by atoms with E-state index in [1.165, 1.54) is 4.70 Å². The van der Waals surface area contributed by atoms with Crippen molar-refractivity contribution in [1.29, 1.82) is 0 Å². The summed E-state index contributed by atoms with van der Waals surface area (Å²) in [5.74, 6) is 0.949. The third kappa shape index (κ3) is 3.24. The predicted octanol–water partition coefficient (Wildman–Crippen LogP) is 4.21. The van der Waals surface area contributed by atoms with Crippen molar-refractivity contribution in [2.75, 3.05) is 13.7 Å². The van der Waals surface area contributed by atoms with Crippen molar-refractivity contribution in [3.63, 3.8) is 0 Å². The van der Waals surface area contributed by atoms with E-state index < -0.39 is 0 Å². The fraction of sp³-hybridized carbons (Fsp3) is 0.300. The van der Waals surface area contributed by atoms with Crippen LogP contribution in [0.4, 0.5) is 0 Å². The zero-order chi connectivity index (χ0) is 17.2. The van der Waals surface area contributed by atoms with E-state index in [9.17, 15) is 4.79 Å². The van der Waals surface area contributed by atoms with Crippen molar-refractivity contribution in [3.05, 3.63) is 59.1 Å². The maximum absolute atomic E-state index is 12.9. The number of carbonyl (C=O) groups is 1. The molecule has 0 saturated carbocycles. The number of aromatic nitrogens is 1. The minimum Gasteiger partial charge on any atom is -0.497 e. The molecule has 0 spiro atoms. The molecule has 4 nitrogen and oxygen atoms in total. The maximum atomic E-state index is 12.9. The molecule has 4 rings (SSSR count). The van der Waals surface area contributed by atoms with Gasteiger partial charge in [0.15, 0.2) is 0 Å². The van der Waals surface area contributed by atoms with Crippen LogP contribution in [-0.4, -0.2) is 29.4 Å². The van der Waals surface area contributed by atoms with Crippen LogP contribution in [0.2, 0.25) is 0 Å². The Hall–Kier alpha value is -2.40. The summed E-state index contributed by atoms with van der Waals surface area (Å²) in [7, 11) is 1.64. The average Bonchev–Trinajstić information content (AvgIpc) is 3.28. The predicted molar refractivity (Wildman–Crippen MR) is 100 cm³/mol. The molecule has 0 N–H and O–H groups in total. The Bertz CT molecular complexity index is 872. The van der Waals surface area contributed by atoms with Gasteiger partial charge in [-0.3, -0.25) is 4.79 Å². The normalized spacial score (nSPS) is 17.2. The largest absolute Gasteiger partial charge is 0.497 e. The SMILES string of the molecule is COc1cccc(CC(=O)N2CCCC2c2nc3ccccc3s2)c1. The zero-order valence-corrected chi connectivity index (χ0v) is 15.0. The summed E-state index contributed by atoms with van der Waals surface area (Å²) in [6.07, 6.45) is 2.42. The molecule has 0 radical (unpaired) electrons. The minimum absolute atomic E-state index is 0.107. The van der Waals surface area contributed by atoms with Gasteiger partial charge in [0.05, 0.1) is 29.8 Å². The Morgan fingerprint density at radius 1 is 1.28 bits per heavy atom. The van der Waals surface area contributed by atoms with Gasteiger partial charge in [-0.1, -0.05) is 24.3 Å². The summed E-state index contributed by atoms with van der Waals surface area (Å²) in [5.41, 5.74) is 2.01. The van der Waals surface area contributed by atoms with E-state index in [4.69, 9.17) is 9.72 Å². The van der Waals surface area contributed by atoms with Crippen molar-refractivity contribution in [2.24, 2.45) is 0 Å². The molecule has 0 aliphatic carbocycles. The number of carbonyl (C=O) groups excluding carboxylic acids is 1. The van der Waals surface area contributed by atoms with Crippen LogP contribution in [0.15, 0.2) is 48.5 Å². The summed E-state index contributed by atoms with van der Waals surface area (Å²) in [5, 5.41) is 1.05. The second-order valence-corrected chi connectivity index (χ2v) is 7.36. The summed E-state index contributed by atoms with van der Waals surface area (Å²) >= 11 is 1.70. The number of hydrogen-bond donors (Lipinski definition) is 0. The Morgan fingerprint density at radius 3 is 3.00 bits per heavy atom. The molecule has 1 aromatic heterocycles. The summed E-state index contributed by atoms with van der Waals surface area (Å²) in [4.78, 5) is 19.6. The molecule has 0 bridgehead atoms. The van der Waals surface area contributed by atoms with E-state index in [2.05, 4.69) is 6.07 Å². The van der Waals surface area contributed by atoms with E-state index in [1.807, 2.05) is 47.4 Å². The summed E-state index contributed by atoms with van der Waals surface area (Å²) in [6, 6.07) is 16.0. The topological polar surface area (TPSA) is 42.4 Å². The first-order chi connectivity index (χ1) is 12.2. The Labute approximate surface area is 151 Å². The highest BCUT2D eigenvalue weighted by molar-refractivity contribution is 7.18. The number of thiazole rings is 1. The number of benzene rings is 2. The van der Waals surface area contributed by atoms with Crippen LogP contribution in [0.1, 0.15) is 29.5 Å². The minimum atomic E-state index is 0.107. The van der Waals surface area contributed by atoms with E-state index in [0.717, 1.165) is 41.2 Å². The number of nitrogens with zero attached hydrogens (tertiary/aromatic N) is 2. The number of amides is 1. The van der Waals surface area contributed by atoms with Gasteiger partial charge in [-0.25, -0.2) is 4.98 Å². The smallest absolute Gasteiger partial charge is 0.227 e. The van der Waals surface area contributed by atoms with Gasteiger partial charge in [0.2, 0.25) is 5.91 Å². The van der Waals surface area contributed by atoms with E-state index in [1.54, 1.807) is 18.4 Å². The van der Waals surface area contributed by atoms with Crippen LogP contribution in [-0.2, 0) is 11.2 Å². The number of ether oxygens (including phenoxy) is 1. The Balaban J connectivity index is 1.55. The number of methoxy groups -OCH3 is 1. The molecule has 1 fully saturated rings. The fourth-order valence-corrected chi connectivity index (χ4v) is 4.53. The Kier molecular flexibility index (Phi) is 4.40. The third-order valence-electron chi connectivity index (χ3n) is 4.66. The molecule has 1 saturated heterocycles. The zero-order valence-electron chi connectivity index (χ0n) is 14.1. The maximum Gasteiger partial charge on any atom is 0.227 e. The first kappa shape index (κ1) is 16.1. The Morgan fingerprint density at radius 2 is 2.16 bits per heavy atom. The molecule has 1 atom stereocenters. The molecule has 3 aromatic rings. The van der Waals surface area contributed by atoms with E-state index >= 15 is 0 Å². The van der Waals surface area contributed by atoms with Crippen LogP contribution >= 0.6 is 11.3 Å². The van der Waals surface area contributed by atoms with Gasteiger partial charge < -0.3 is 9.64 Å². The second kappa shape index (κ2) is 6.84. The quantitative estimate of drug-likeness (QED) is 0.706. The van der Waals surface area contributed by atoms with Crippen LogP contribution in [0, 0.1) is 0 Å². The number of hydrogen-bond acceptors (Lipinski definition) is 4. The molecule has 1 aliphatic rings. The van der Waals surface area contributed by atoms with E-state index in [-0.39, 0.29) is 11.9 Å². The molecular weight excluding hydrogens is 332 g/mol. The van der Waals surface area contributed by atoms with Gasteiger partial charge in [-0.05, 0) is 42.7 Å². The highest BCUT2D eigenvalue weighted by atomic mass is 32.1. The van der Waals surface area contributed by atoms with Crippen LogP contribution in [0.3, 0.4) is 0 Å². The van der Waals surface area contributed by atoms with Crippen LogP contribution in [0.5, 0.6) is 5.75 Å². The van der Waals surface area contributed by atoms with Crippen molar-refractivity contribution < 1.29 is 9.53 Å². The molecule has 2 heterocycles. The van der Waals surface area contributed by atoms with Gasteiger partial charge in [0.1, 0.15) is 10.8 Å². The third-order valence-corrected chi connectivity index (χ3v) is 5.80. The molecule has 1 amide bonds. The van der Waals surface area contributed by atoms with E-state index in [0.29, 0.717) is 6.42 Å². The summed E-state index contributed by atoms with van der Waals surface area (Å²) in [6.45, 7) is 0.809. The second-order valence-electron chi connectivity index (χ2n) is 6.29. The first-order valence-corrected chi connectivity index (χ1v) is 9.34. The molecular formula is C20H20N2O2S. The molecule has 1 unspecified atom stereocenters. The van der Waals surface area contributed by atoms with Gasteiger partial charge in [0.25, 0.3) is 0 Å². The lowest BCUT2D eigenvalue weighted by Crippen LogP contribution is -2.31. The number of para-hydroxylation sites is 1. The van der Waals surface area contributed by atoms with Crippen molar-refractivity contribution in [3.8, 4) is 5.75 Å².